The van der Waals surface area contributed by atoms with Gasteiger partial charge < -0.3 is 11.5 Å². The molecule has 0 radical (unpaired) electrons. The third-order valence-corrected chi connectivity index (χ3v) is 5.51. The van der Waals surface area contributed by atoms with E-state index < -0.39 is 0 Å². The number of nitrogens with two attached hydrogens (primary N) is 2. The van der Waals surface area contributed by atoms with Crippen LogP contribution in [0.1, 0.15) is 136 Å². The molecule has 0 saturated heterocycles. The average molecular weight is 428 g/mol. The number of halogens is 2. The Morgan fingerprint density at radius 3 is 0.926 bits per heavy atom. The van der Waals surface area contributed by atoms with Gasteiger partial charge in [0.2, 0.25) is 0 Å². The number of unbranched alkanes of at least 4 members (excludes halogenated alkanes) is 12. The molecule has 0 aromatic heterocycles. The van der Waals surface area contributed by atoms with E-state index in [2.05, 4.69) is 13.8 Å². The van der Waals surface area contributed by atoms with Crippen LogP contribution in [0.2, 0.25) is 0 Å². The Balaban J connectivity index is -0.00000288. The van der Waals surface area contributed by atoms with Crippen LogP contribution < -0.4 is 11.5 Å². The average Bonchev–Trinajstić information content (AvgIpc) is 2.60. The van der Waals surface area contributed by atoms with E-state index in [0.29, 0.717) is 12.1 Å². The molecule has 0 saturated carbocycles. The first kappa shape index (κ1) is 32.2. The van der Waals surface area contributed by atoms with Crippen molar-refractivity contribution >= 4 is 24.8 Å². The van der Waals surface area contributed by atoms with Crippen LogP contribution in [0.5, 0.6) is 0 Å². The molecule has 2 unspecified atom stereocenters. The van der Waals surface area contributed by atoms with Crippen LogP contribution in [0, 0.1) is 0 Å². The molecule has 0 aromatic rings. The fraction of sp³-hybridized carbons (Fsp3) is 1.00. The van der Waals surface area contributed by atoms with Crippen molar-refractivity contribution in [1.82, 2.24) is 0 Å². The summed E-state index contributed by atoms with van der Waals surface area (Å²) in [5, 5.41) is 0. The third-order valence-electron chi connectivity index (χ3n) is 5.51. The Bertz CT molecular complexity index is 229. The summed E-state index contributed by atoms with van der Waals surface area (Å²) < 4.78 is 0. The molecule has 0 aromatic carbocycles. The minimum absolute atomic E-state index is 0. The molecule has 0 rings (SSSR count). The van der Waals surface area contributed by atoms with E-state index in [9.17, 15) is 0 Å². The van der Waals surface area contributed by atoms with Gasteiger partial charge in [-0.05, 0) is 25.7 Å². The van der Waals surface area contributed by atoms with E-state index in [4.69, 9.17) is 11.5 Å². The van der Waals surface area contributed by atoms with Gasteiger partial charge in [-0.3, -0.25) is 0 Å². The highest BCUT2D eigenvalue weighted by Crippen LogP contribution is 2.14. The van der Waals surface area contributed by atoms with Gasteiger partial charge in [-0.1, -0.05) is 110 Å². The molecule has 0 aliphatic rings. The summed E-state index contributed by atoms with van der Waals surface area (Å²) in [6, 6.07) is 0.867. The van der Waals surface area contributed by atoms with Crippen molar-refractivity contribution in [2.45, 2.75) is 148 Å². The number of hydrogen-bond acceptors (Lipinski definition) is 2. The summed E-state index contributed by atoms with van der Waals surface area (Å²) in [6.45, 7) is 4.55. The van der Waals surface area contributed by atoms with Crippen LogP contribution in [0.3, 0.4) is 0 Å². The Labute approximate surface area is 184 Å². The molecule has 0 fully saturated rings. The first-order chi connectivity index (χ1) is 12.2. The fourth-order valence-corrected chi connectivity index (χ4v) is 3.65. The maximum Gasteiger partial charge on any atom is 0.00388 e. The molecular formula is C23H52Cl2N2. The summed E-state index contributed by atoms with van der Waals surface area (Å²) in [7, 11) is 0. The van der Waals surface area contributed by atoms with Gasteiger partial charge in [-0.2, -0.15) is 0 Å². The van der Waals surface area contributed by atoms with Crippen molar-refractivity contribution in [2.75, 3.05) is 0 Å². The second kappa shape index (κ2) is 26.5. The highest BCUT2D eigenvalue weighted by molar-refractivity contribution is 5.85. The van der Waals surface area contributed by atoms with E-state index in [1.54, 1.807) is 0 Å². The summed E-state index contributed by atoms with van der Waals surface area (Å²) in [5.74, 6) is 0. The first-order valence-electron chi connectivity index (χ1n) is 11.7. The lowest BCUT2D eigenvalue weighted by atomic mass is 9.99. The molecule has 27 heavy (non-hydrogen) atoms. The van der Waals surface area contributed by atoms with E-state index >= 15 is 0 Å². The maximum atomic E-state index is 6.25. The lowest BCUT2D eigenvalue weighted by molar-refractivity contribution is 0.463. The monoisotopic (exact) mass is 426 g/mol. The van der Waals surface area contributed by atoms with Crippen molar-refractivity contribution < 1.29 is 0 Å². The van der Waals surface area contributed by atoms with Gasteiger partial charge in [0, 0.05) is 12.1 Å². The highest BCUT2D eigenvalue weighted by Gasteiger charge is 2.05. The van der Waals surface area contributed by atoms with Crippen molar-refractivity contribution in [2.24, 2.45) is 11.5 Å². The summed E-state index contributed by atoms with van der Waals surface area (Å²) in [6.07, 6.45) is 25.3. The largest absolute Gasteiger partial charge is 0.328 e. The highest BCUT2D eigenvalue weighted by atomic mass is 35.5. The van der Waals surface area contributed by atoms with Gasteiger partial charge in [-0.25, -0.2) is 0 Å². The zero-order chi connectivity index (χ0) is 18.6. The molecule has 0 heterocycles. The summed E-state index contributed by atoms with van der Waals surface area (Å²) in [4.78, 5) is 0. The minimum Gasteiger partial charge on any atom is -0.328 e. The smallest absolute Gasteiger partial charge is 0.00388 e. The molecule has 2 atom stereocenters. The number of rotatable bonds is 20. The molecule has 0 bridgehead atoms. The van der Waals surface area contributed by atoms with Crippen molar-refractivity contribution in [3.63, 3.8) is 0 Å². The maximum absolute atomic E-state index is 6.25. The Morgan fingerprint density at radius 2 is 0.630 bits per heavy atom. The van der Waals surface area contributed by atoms with Crippen LogP contribution in [0.25, 0.3) is 0 Å². The minimum atomic E-state index is 0. The molecule has 0 aliphatic heterocycles. The fourth-order valence-electron chi connectivity index (χ4n) is 3.65. The molecule has 2 nitrogen and oxygen atoms in total. The molecule has 4 N–H and O–H groups in total. The van der Waals surface area contributed by atoms with Crippen molar-refractivity contribution in [3.8, 4) is 0 Å². The van der Waals surface area contributed by atoms with Gasteiger partial charge in [0.15, 0.2) is 0 Å². The second-order valence-corrected chi connectivity index (χ2v) is 8.27. The van der Waals surface area contributed by atoms with Gasteiger partial charge in [0.25, 0.3) is 0 Å². The van der Waals surface area contributed by atoms with Crippen LogP contribution in [0.15, 0.2) is 0 Å². The third kappa shape index (κ3) is 26.5. The first-order valence-corrected chi connectivity index (χ1v) is 11.7. The Hall–Kier alpha value is 0.500. The Morgan fingerprint density at radius 1 is 0.407 bits per heavy atom. The molecular weight excluding hydrogens is 375 g/mol. The summed E-state index contributed by atoms with van der Waals surface area (Å²) >= 11 is 0. The van der Waals surface area contributed by atoms with E-state index in [1.165, 1.54) is 122 Å². The number of hydrogen-bond donors (Lipinski definition) is 2. The predicted octanol–water partition coefficient (Wildman–Crippen LogP) is 7.94. The van der Waals surface area contributed by atoms with E-state index in [0.717, 1.165) is 0 Å². The zero-order valence-corrected chi connectivity index (χ0v) is 20.2. The van der Waals surface area contributed by atoms with Gasteiger partial charge in [0.1, 0.15) is 0 Å². The van der Waals surface area contributed by atoms with E-state index in [1.807, 2.05) is 0 Å². The van der Waals surface area contributed by atoms with E-state index in [-0.39, 0.29) is 24.8 Å². The molecule has 0 aliphatic carbocycles. The second-order valence-electron chi connectivity index (χ2n) is 8.27. The standard InChI is InChI=1S/C23H50N2.2ClH/c1-3-5-7-9-11-14-18-22(24)20-16-13-17-21-23(25)19-15-12-10-8-6-4-2;;/h22-23H,3-21,24-25H2,1-2H3;2*1H. The van der Waals surface area contributed by atoms with Gasteiger partial charge in [0.05, 0.1) is 0 Å². The van der Waals surface area contributed by atoms with Gasteiger partial charge >= 0.3 is 0 Å². The summed E-state index contributed by atoms with van der Waals surface area (Å²) in [5.41, 5.74) is 12.5. The van der Waals surface area contributed by atoms with Crippen molar-refractivity contribution in [1.29, 1.82) is 0 Å². The quantitative estimate of drug-likeness (QED) is 0.194. The normalized spacial score (nSPS) is 12.9. The van der Waals surface area contributed by atoms with Gasteiger partial charge in [-0.15, -0.1) is 24.8 Å². The molecule has 4 heteroatoms. The molecule has 168 valence electrons. The van der Waals surface area contributed by atoms with Crippen LogP contribution >= 0.6 is 24.8 Å². The SMILES string of the molecule is CCCCCCCCC(N)CCCCCC(N)CCCCCCCC.Cl.Cl. The lowest BCUT2D eigenvalue weighted by Crippen LogP contribution is -2.20. The zero-order valence-electron chi connectivity index (χ0n) is 18.6. The molecule has 0 spiro atoms. The van der Waals surface area contributed by atoms with Crippen LogP contribution in [0.4, 0.5) is 0 Å². The topological polar surface area (TPSA) is 52.0 Å². The lowest BCUT2D eigenvalue weighted by Gasteiger charge is -2.13. The van der Waals surface area contributed by atoms with Crippen LogP contribution in [-0.2, 0) is 0 Å². The Kier molecular flexibility index (Phi) is 31.6. The van der Waals surface area contributed by atoms with Crippen LogP contribution in [-0.4, -0.2) is 12.1 Å². The predicted molar refractivity (Wildman–Crippen MR) is 130 cm³/mol. The molecule has 0 amide bonds. The van der Waals surface area contributed by atoms with Crippen molar-refractivity contribution in [3.05, 3.63) is 0 Å².